The number of esters is 2. The molecule has 154 valence electrons. The molecule has 9 heteroatoms. The Kier molecular flexibility index (Phi) is 7.17. The lowest BCUT2D eigenvalue weighted by atomic mass is 10.1. The van der Waals surface area contributed by atoms with Crippen molar-refractivity contribution in [3.05, 3.63) is 26.6 Å². The second-order valence-electron chi connectivity index (χ2n) is 6.97. The Morgan fingerprint density at radius 1 is 1.14 bits per heavy atom. The highest BCUT2D eigenvalue weighted by Crippen LogP contribution is 2.60. The van der Waals surface area contributed by atoms with E-state index in [0.29, 0.717) is 5.56 Å². The van der Waals surface area contributed by atoms with Gasteiger partial charge >= 0.3 is 11.9 Å². The van der Waals surface area contributed by atoms with Gasteiger partial charge in [0.25, 0.3) is 0 Å². The maximum absolute atomic E-state index is 12.8. The van der Waals surface area contributed by atoms with Crippen LogP contribution in [-0.4, -0.2) is 31.1 Å². The van der Waals surface area contributed by atoms with Crippen molar-refractivity contribution >= 4 is 57.4 Å². The summed E-state index contributed by atoms with van der Waals surface area (Å²) in [6.07, 6.45) is 1.64. The zero-order valence-corrected chi connectivity index (χ0v) is 18.7. The van der Waals surface area contributed by atoms with E-state index >= 15 is 0 Å². The number of carbonyl (C=O) groups excluding carboxylic acids is 3. The summed E-state index contributed by atoms with van der Waals surface area (Å²) in [6.45, 7) is 9.26. The average molecular weight is 448 g/mol. The summed E-state index contributed by atoms with van der Waals surface area (Å²) < 4.78 is 10.2. The van der Waals surface area contributed by atoms with Crippen LogP contribution in [0.2, 0.25) is 0 Å². The zero-order chi connectivity index (χ0) is 21.2. The van der Waals surface area contributed by atoms with Crippen LogP contribution in [0.1, 0.15) is 53.3 Å². The Morgan fingerprint density at radius 2 is 1.71 bits per heavy atom. The van der Waals surface area contributed by atoms with E-state index in [9.17, 15) is 14.4 Å². The molecule has 1 saturated carbocycles. The van der Waals surface area contributed by atoms with Crippen molar-refractivity contribution in [1.82, 2.24) is 0 Å². The Bertz CT molecular complexity index is 827. The summed E-state index contributed by atoms with van der Waals surface area (Å²) in [6, 6.07) is 0. The number of halogens is 2. The number of carbonyl (C=O) groups is 3. The Labute approximate surface area is 178 Å². The minimum absolute atomic E-state index is 0.108. The van der Waals surface area contributed by atoms with E-state index < -0.39 is 11.9 Å². The lowest BCUT2D eigenvalue weighted by Gasteiger charge is -2.07. The van der Waals surface area contributed by atoms with Gasteiger partial charge in [0.15, 0.2) is 0 Å². The van der Waals surface area contributed by atoms with Crippen LogP contribution in [0.15, 0.2) is 10.6 Å². The monoisotopic (exact) mass is 447 g/mol. The first-order valence-corrected chi connectivity index (χ1v) is 10.4. The van der Waals surface area contributed by atoms with Crippen LogP contribution in [0.5, 0.6) is 0 Å². The summed E-state index contributed by atoms with van der Waals surface area (Å²) in [5, 5.41) is 3.05. The average Bonchev–Trinajstić information content (AvgIpc) is 2.94. The van der Waals surface area contributed by atoms with Gasteiger partial charge in [-0.05, 0) is 43.7 Å². The third-order valence-electron chi connectivity index (χ3n) is 4.82. The first-order valence-electron chi connectivity index (χ1n) is 8.87. The summed E-state index contributed by atoms with van der Waals surface area (Å²) in [4.78, 5) is 37.7. The molecule has 6 nitrogen and oxygen atoms in total. The van der Waals surface area contributed by atoms with Crippen molar-refractivity contribution in [3.8, 4) is 0 Å². The van der Waals surface area contributed by atoms with Crippen LogP contribution in [0.25, 0.3) is 0 Å². The molecule has 1 amide bonds. The third kappa shape index (κ3) is 4.53. The second kappa shape index (κ2) is 8.84. The standard InChI is InChI=1S/C19H23Cl2NO5S/c1-6-26-17(24)12-9(3)14(18(25)27-7-2)28-16(12)22-15(23)13-10(8-11(20)21)19(13,4)5/h8,10,13H,6-7H2,1-5H3,(H,22,23)/t10-,13-/m1/s1. The number of hydrogen-bond acceptors (Lipinski definition) is 6. The fraction of sp³-hybridized carbons (Fsp3) is 0.526. The van der Waals surface area contributed by atoms with Gasteiger partial charge in [0.2, 0.25) is 5.91 Å². The Balaban J connectivity index is 2.35. The van der Waals surface area contributed by atoms with E-state index in [-0.39, 0.29) is 56.3 Å². The van der Waals surface area contributed by atoms with E-state index in [1.54, 1.807) is 26.8 Å². The van der Waals surface area contributed by atoms with Crippen molar-refractivity contribution in [1.29, 1.82) is 0 Å². The number of hydrogen-bond donors (Lipinski definition) is 1. The smallest absolute Gasteiger partial charge is 0.348 e. The van der Waals surface area contributed by atoms with Gasteiger partial charge in [-0.1, -0.05) is 37.0 Å². The van der Waals surface area contributed by atoms with Crippen LogP contribution in [0.4, 0.5) is 5.00 Å². The number of amides is 1. The number of allylic oxidation sites excluding steroid dienone is 1. The van der Waals surface area contributed by atoms with Crippen molar-refractivity contribution < 1.29 is 23.9 Å². The predicted molar refractivity (Wildman–Crippen MR) is 110 cm³/mol. The van der Waals surface area contributed by atoms with E-state index in [1.165, 1.54) is 0 Å². The molecule has 0 unspecified atom stereocenters. The second-order valence-corrected chi connectivity index (χ2v) is 9.00. The molecule has 1 N–H and O–H groups in total. The minimum Gasteiger partial charge on any atom is -0.462 e. The number of anilines is 1. The van der Waals surface area contributed by atoms with Gasteiger partial charge in [0.05, 0.1) is 24.7 Å². The summed E-state index contributed by atoms with van der Waals surface area (Å²) >= 11 is 12.5. The SMILES string of the molecule is CCOC(=O)c1sc(NC(=O)[C@H]2[C@@H](C=C(Cl)Cl)C2(C)C)c(C(=O)OCC)c1C. The van der Waals surface area contributed by atoms with Gasteiger partial charge in [0.1, 0.15) is 14.4 Å². The topological polar surface area (TPSA) is 81.7 Å². The number of ether oxygens (including phenoxy) is 2. The van der Waals surface area contributed by atoms with E-state index in [1.807, 2.05) is 13.8 Å². The molecule has 0 bridgehead atoms. The summed E-state index contributed by atoms with van der Waals surface area (Å²) in [5.41, 5.74) is 0.274. The van der Waals surface area contributed by atoms with Gasteiger partial charge in [-0.25, -0.2) is 9.59 Å². The summed E-state index contributed by atoms with van der Waals surface area (Å²) in [7, 11) is 0. The maximum atomic E-state index is 12.8. The van der Waals surface area contributed by atoms with Crippen molar-refractivity contribution in [2.75, 3.05) is 18.5 Å². The third-order valence-corrected chi connectivity index (χ3v) is 6.26. The Morgan fingerprint density at radius 3 is 2.25 bits per heavy atom. The molecule has 1 aliphatic rings. The lowest BCUT2D eigenvalue weighted by Crippen LogP contribution is -2.18. The molecule has 0 spiro atoms. The van der Waals surface area contributed by atoms with Crippen LogP contribution < -0.4 is 5.32 Å². The molecule has 0 radical (unpaired) electrons. The highest BCUT2D eigenvalue weighted by atomic mass is 35.5. The molecule has 1 aromatic heterocycles. The number of thiophene rings is 1. The van der Waals surface area contributed by atoms with Gasteiger partial charge in [-0.15, -0.1) is 11.3 Å². The molecular formula is C19H23Cl2NO5S. The largest absolute Gasteiger partial charge is 0.462 e. The normalized spacial score (nSPS) is 19.5. The lowest BCUT2D eigenvalue weighted by molar-refractivity contribution is -0.118. The highest BCUT2D eigenvalue weighted by Gasteiger charge is 2.60. The van der Waals surface area contributed by atoms with Crippen molar-refractivity contribution in [2.45, 2.75) is 34.6 Å². The number of nitrogens with one attached hydrogen (secondary N) is 1. The predicted octanol–water partition coefficient (Wildman–Crippen LogP) is 4.94. The molecule has 1 heterocycles. The van der Waals surface area contributed by atoms with E-state index in [0.717, 1.165) is 11.3 Å². The first-order chi connectivity index (χ1) is 13.1. The molecule has 1 aliphatic carbocycles. The summed E-state index contributed by atoms with van der Waals surface area (Å²) in [5.74, 6) is -1.89. The maximum Gasteiger partial charge on any atom is 0.348 e. The fourth-order valence-corrected chi connectivity index (χ4v) is 4.62. The molecule has 1 fully saturated rings. The van der Waals surface area contributed by atoms with Crippen LogP contribution in [0.3, 0.4) is 0 Å². The van der Waals surface area contributed by atoms with Gasteiger partial charge < -0.3 is 14.8 Å². The molecule has 28 heavy (non-hydrogen) atoms. The number of rotatable bonds is 7. The first kappa shape index (κ1) is 22.7. The van der Waals surface area contributed by atoms with E-state index in [2.05, 4.69) is 5.32 Å². The van der Waals surface area contributed by atoms with Gasteiger partial charge in [0, 0.05) is 0 Å². The molecule has 1 aromatic rings. The molecule has 0 aromatic carbocycles. The van der Waals surface area contributed by atoms with Crippen molar-refractivity contribution in [2.24, 2.45) is 17.3 Å². The quantitative estimate of drug-likeness (QED) is 0.598. The van der Waals surface area contributed by atoms with E-state index in [4.69, 9.17) is 32.7 Å². The molecule has 0 saturated heterocycles. The molecular weight excluding hydrogens is 425 g/mol. The minimum atomic E-state index is -0.600. The molecule has 0 aliphatic heterocycles. The zero-order valence-electron chi connectivity index (χ0n) is 16.4. The van der Waals surface area contributed by atoms with Crippen molar-refractivity contribution in [3.63, 3.8) is 0 Å². The molecule has 2 atom stereocenters. The van der Waals surface area contributed by atoms with Crippen LogP contribution in [-0.2, 0) is 14.3 Å². The molecule has 2 rings (SSSR count). The van der Waals surface area contributed by atoms with Gasteiger partial charge in [-0.2, -0.15) is 0 Å². The van der Waals surface area contributed by atoms with Crippen LogP contribution in [0, 0.1) is 24.2 Å². The highest BCUT2D eigenvalue weighted by molar-refractivity contribution is 7.18. The van der Waals surface area contributed by atoms with Gasteiger partial charge in [-0.3, -0.25) is 4.79 Å². The fourth-order valence-electron chi connectivity index (χ4n) is 3.26. The van der Waals surface area contributed by atoms with Crippen LogP contribution >= 0.6 is 34.5 Å². The Hall–Kier alpha value is -1.57.